The fourth-order valence-corrected chi connectivity index (χ4v) is 1.60. The maximum atomic E-state index is 11.7. The second-order valence-corrected chi connectivity index (χ2v) is 4.83. The van der Waals surface area contributed by atoms with Crippen molar-refractivity contribution in [2.45, 2.75) is 18.6 Å². The quantitative estimate of drug-likeness (QED) is 0.497. The molecule has 0 fully saturated rings. The van der Waals surface area contributed by atoms with Gasteiger partial charge >= 0.3 is 22.1 Å². The Bertz CT molecular complexity index is 431. The van der Waals surface area contributed by atoms with E-state index in [0.717, 1.165) is 0 Å². The molecule has 0 rings (SSSR count). The molecule has 0 spiro atoms. The third-order valence-electron chi connectivity index (χ3n) is 1.74. The smallest absolute Gasteiger partial charge is 0.369 e. The largest absolute Gasteiger partial charge is 0.462 e. The minimum atomic E-state index is -4.98. The van der Waals surface area contributed by atoms with Gasteiger partial charge in [0.2, 0.25) is 0 Å². The molecule has 0 radical (unpaired) electrons. The maximum absolute atomic E-state index is 11.7. The molecule has 18 heavy (non-hydrogen) atoms. The number of rotatable bonds is 7. The van der Waals surface area contributed by atoms with Crippen LogP contribution >= 0.6 is 0 Å². The number of carbonyl (C=O) groups is 2. The average molecular weight is 288 g/mol. The van der Waals surface area contributed by atoms with Crippen molar-refractivity contribution in [1.29, 1.82) is 0 Å². The summed E-state index contributed by atoms with van der Waals surface area (Å²) in [7, 11) is -4.98. The molecule has 0 amide bonds. The van der Waals surface area contributed by atoms with E-state index in [4.69, 9.17) is 0 Å². The Kier molecular flexibility index (Phi) is 6.41. The lowest BCUT2D eigenvalue weighted by atomic mass is 10.3. The van der Waals surface area contributed by atoms with E-state index >= 15 is 0 Å². The van der Waals surface area contributed by atoms with Crippen molar-refractivity contribution >= 4 is 22.1 Å². The Morgan fingerprint density at radius 3 is 2.28 bits per heavy atom. The summed E-state index contributed by atoms with van der Waals surface area (Å²) in [6.07, 6.45) is -0.728. The number of ether oxygens (including phenoxy) is 1. The molecule has 104 valence electrons. The van der Waals surface area contributed by atoms with E-state index in [-0.39, 0.29) is 5.57 Å². The van der Waals surface area contributed by atoms with Gasteiger partial charge in [-0.25, -0.2) is 9.59 Å². The van der Waals surface area contributed by atoms with Crippen molar-refractivity contribution in [2.24, 2.45) is 0 Å². The maximum Gasteiger partial charge on any atom is 0.369 e. The molecular weight excluding hydrogens is 278 g/mol. The number of halogens is 2. The van der Waals surface area contributed by atoms with Crippen LogP contribution in [0.25, 0.3) is 0 Å². The lowest BCUT2D eigenvalue weighted by Crippen LogP contribution is -2.32. The molecule has 0 bridgehead atoms. The summed E-state index contributed by atoms with van der Waals surface area (Å²) in [5.74, 6) is -2.72. The Balaban J connectivity index is 4.60. The van der Waals surface area contributed by atoms with Gasteiger partial charge in [-0.3, -0.25) is 4.94 Å². The van der Waals surface area contributed by atoms with E-state index in [0.29, 0.717) is 0 Å². The summed E-state index contributed by atoms with van der Waals surface area (Å²) in [6, 6.07) is 0. The molecule has 0 heterocycles. The van der Waals surface area contributed by atoms with Crippen LogP contribution in [-0.4, -0.2) is 32.2 Å². The van der Waals surface area contributed by atoms with Crippen molar-refractivity contribution in [1.82, 2.24) is 0 Å². The molecule has 1 atom stereocenters. The SMILES string of the molecule is C=C(C)C(=O)OCCC(C(=O)OF)S(=O)(=O)OF. The number of esters is 1. The van der Waals surface area contributed by atoms with Crippen LogP contribution in [0.5, 0.6) is 0 Å². The topological polar surface area (TPSA) is 96.0 Å². The normalized spacial score (nSPS) is 12.6. The molecule has 1 unspecified atom stereocenters. The van der Waals surface area contributed by atoms with E-state index < -0.39 is 40.3 Å². The highest BCUT2D eigenvalue weighted by atomic mass is 32.2. The lowest BCUT2D eigenvalue weighted by molar-refractivity contribution is -0.184. The minimum Gasteiger partial charge on any atom is -0.462 e. The highest BCUT2D eigenvalue weighted by Crippen LogP contribution is 2.12. The van der Waals surface area contributed by atoms with Gasteiger partial charge in [-0.05, 0) is 11.4 Å². The summed E-state index contributed by atoms with van der Waals surface area (Å²) >= 11 is 0. The summed E-state index contributed by atoms with van der Waals surface area (Å²) in [4.78, 5) is 24.3. The Morgan fingerprint density at radius 1 is 1.33 bits per heavy atom. The minimum absolute atomic E-state index is 0.0317. The van der Waals surface area contributed by atoms with Gasteiger partial charge in [-0.15, -0.1) is 0 Å². The van der Waals surface area contributed by atoms with Crippen LogP contribution in [0.15, 0.2) is 12.2 Å². The fraction of sp³-hybridized carbons (Fsp3) is 0.500. The highest BCUT2D eigenvalue weighted by molar-refractivity contribution is 7.88. The van der Waals surface area contributed by atoms with Gasteiger partial charge in [0.15, 0.2) is 5.25 Å². The molecule has 0 saturated heterocycles. The molecule has 0 aliphatic carbocycles. The molecule has 7 nitrogen and oxygen atoms in total. The van der Waals surface area contributed by atoms with Crippen molar-refractivity contribution in [3.05, 3.63) is 12.2 Å². The van der Waals surface area contributed by atoms with Gasteiger partial charge in [0.05, 0.1) is 6.61 Å². The summed E-state index contributed by atoms with van der Waals surface area (Å²) in [5, 5.41) is -2.27. The van der Waals surface area contributed by atoms with E-state index in [1.807, 2.05) is 0 Å². The van der Waals surface area contributed by atoms with E-state index in [9.17, 15) is 27.1 Å². The van der Waals surface area contributed by atoms with E-state index in [2.05, 4.69) is 20.6 Å². The van der Waals surface area contributed by atoms with Crippen LogP contribution in [0.2, 0.25) is 0 Å². The Hall–Kier alpha value is -1.55. The van der Waals surface area contributed by atoms with Crippen LogP contribution in [0.3, 0.4) is 0 Å². The molecular formula is C8H10F2O7S. The second kappa shape index (κ2) is 7.01. The number of carbonyl (C=O) groups excluding carboxylic acids is 2. The van der Waals surface area contributed by atoms with Crippen LogP contribution in [0.4, 0.5) is 9.05 Å². The predicted octanol–water partition coefficient (Wildman–Crippen LogP) is 0.523. The molecule has 0 N–H and O–H groups in total. The van der Waals surface area contributed by atoms with Gasteiger partial charge < -0.3 is 4.74 Å². The van der Waals surface area contributed by atoms with Crippen LogP contribution in [0, 0.1) is 0 Å². The first-order valence-electron chi connectivity index (χ1n) is 4.45. The molecule has 0 aromatic carbocycles. The summed E-state index contributed by atoms with van der Waals surface area (Å²) in [6.45, 7) is 3.98. The summed E-state index contributed by atoms with van der Waals surface area (Å²) < 4.78 is 52.1. The van der Waals surface area contributed by atoms with Gasteiger partial charge in [0.1, 0.15) is 0 Å². The van der Waals surface area contributed by atoms with Crippen LogP contribution < -0.4 is 0 Å². The first kappa shape index (κ1) is 16.4. The first-order chi connectivity index (χ1) is 8.26. The lowest BCUT2D eigenvalue weighted by Gasteiger charge is -2.10. The highest BCUT2D eigenvalue weighted by Gasteiger charge is 2.37. The third kappa shape index (κ3) is 4.75. The zero-order chi connectivity index (χ0) is 14.3. The van der Waals surface area contributed by atoms with Crippen LogP contribution in [0.1, 0.15) is 13.3 Å². The van der Waals surface area contributed by atoms with E-state index in [1.54, 1.807) is 0 Å². The van der Waals surface area contributed by atoms with Gasteiger partial charge in [-0.1, -0.05) is 11.0 Å². The average Bonchev–Trinajstić information content (AvgIpc) is 2.32. The van der Waals surface area contributed by atoms with Gasteiger partial charge in [0, 0.05) is 16.5 Å². The first-order valence-corrected chi connectivity index (χ1v) is 5.92. The molecule has 0 aromatic heterocycles. The van der Waals surface area contributed by atoms with E-state index in [1.165, 1.54) is 6.92 Å². The van der Waals surface area contributed by atoms with Crippen molar-refractivity contribution in [3.8, 4) is 0 Å². The molecule has 0 aliphatic rings. The second-order valence-electron chi connectivity index (χ2n) is 3.15. The van der Waals surface area contributed by atoms with Gasteiger partial charge in [0.25, 0.3) is 0 Å². The van der Waals surface area contributed by atoms with Crippen molar-refractivity contribution in [2.75, 3.05) is 6.61 Å². The molecule has 0 aliphatic heterocycles. The van der Waals surface area contributed by atoms with Gasteiger partial charge in [-0.2, -0.15) is 8.42 Å². The standard InChI is InChI=1S/C8H10F2O7S/c1-5(2)7(11)15-4-3-6(8(12)16-9)18(13,14)17-10/h6H,1,3-4H2,2H3. The van der Waals surface area contributed by atoms with Crippen LogP contribution in [-0.2, 0) is 33.8 Å². The Morgan fingerprint density at radius 2 is 1.89 bits per heavy atom. The van der Waals surface area contributed by atoms with Crippen molar-refractivity contribution in [3.63, 3.8) is 0 Å². The Labute approximate surface area is 101 Å². The monoisotopic (exact) mass is 288 g/mol. The molecule has 0 aromatic rings. The third-order valence-corrected chi connectivity index (χ3v) is 3.04. The fourth-order valence-electron chi connectivity index (χ4n) is 0.855. The zero-order valence-corrected chi connectivity index (χ0v) is 10.0. The predicted molar refractivity (Wildman–Crippen MR) is 52.5 cm³/mol. The number of hydrogen-bond donors (Lipinski definition) is 0. The molecule has 10 heteroatoms. The van der Waals surface area contributed by atoms with Crippen molar-refractivity contribution < 1.29 is 41.1 Å². The zero-order valence-electron chi connectivity index (χ0n) is 9.22. The molecule has 0 saturated carbocycles. The number of hydrogen-bond acceptors (Lipinski definition) is 7. The summed E-state index contributed by atoms with van der Waals surface area (Å²) in [5.41, 5.74) is 0.0317.